The Balaban J connectivity index is 2.04. The summed E-state index contributed by atoms with van der Waals surface area (Å²) in [4.78, 5) is 18.3. The topological polar surface area (TPSA) is 47.0 Å². The number of allylic oxidation sites excluding steroid dienone is 1. The number of aromatic carboxylic acids is 1. The van der Waals surface area contributed by atoms with Gasteiger partial charge in [0.15, 0.2) is 0 Å². The number of hydrogen-bond acceptors (Lipinski definition) is 4. The molecule has 0 saturated heterocycles. The lowest BCUT2D eigenvalue weighted by Gasteiger charge is -2.21. The zero-order valence-corrected chi connectivity index (χ0v) is 21.7. The summed E-state index contributed by atoms with van der Waals surface area (Å²) in [5.74, 6) is -0.905. The van der Waals surface area contributed by atoms with Crippen LogP contribution in [0.3, 0.4) is 0 Å². The van der Waals surface area contributed by atoms with Crippen molar-refractivity contribution in [1.29, 1.82) is 0 Å². The van der Waals surface area contributed by atoms with E-state index in [9.17, 15) is 9.90 Å². The first-order valence-electron chi connectivity index (χ1n) is 12.1. The predicted molar refractivity (Wildman–Crippen MR) is 149 cm³/mol. The number of carboxylic acids is 1. The Bertz CT molecular complexity index is 1160. The summed E-state index contributed by atoms with van der Waals surface area (Å²) in [5.41, 5.74) is 7.66. The van der Waals surface area contributed by atoms with Gasteiger partial charge >= 0.3 is 5.97 Å². The molecule has 1 N–H and O–H groups in total. The highest BCUT2D eigenvalue weighted by atomic mass is 16.4. The molecule has 0 bridgehead atoms. The van der Waals surface area contributed by atoms with E-state index in [4.69, 9.17) is 0 Å². The lowest BCUT2D eigenvalue weighted by atomic mass is 9.94. The summed E-state index contributed by atoms with van der Waals surface area (Å²) in [6, 6.07) is 22.8. The molecule has 0 fully saturated rings. The van der Waals surface area contributed by atoms with Crippen molar-refractivity contribution in [3.05, 3.63) is 95.1 Å². The fourth-order valence-electron chi connectivity index (χ4n) is 4.21. The lowest BCUT2D eigenvalue weighted by Crippen LogP contribution is -2.21. The molecule has 35 heavy (non-hydrogen) atoms. The van der Waals surface area contributed by atoms with E-state index in [2.05, 4.69) is 78.3 Å². The number of carbonyl (C=O) groups is 1. The smallest absolute Gasteiger partial charge is 0.336 e. The molecule has 3 aromatic rings. The molecule has 0 amide bonds. The number of rotatable bonds is 10. The van der Waals surface area contributed by atoms with E-state index < -0.39 is 5.97 Å². The summed E-state index contributed by atoms with van der Waals surface area (Å²) >= 11 is 0. The molecule has 0 aliphatic heterocycles. The Morgan fingerprint density at radius 2 is 1.23 bits per heavy atom. The number of hydrogen-bond donors (Lipinski definition) is 1. The van der Waals surface area contributed by atoms with E-state index in [-0.39, 0.29) is 0 Å². The third-order valence-electron chi connectivity index (χ3n) is 6.37. The van der Waals surface area contributed by atoms with Crippen molar-refractivity contribution in [2.45, 2.75) is 20.3 Å². The second-order valence-electron chi connectivity index (χ2n) is 9.02. The normalized spacial score (nSPS) is 11.3. The van der Waals surface area contributed by atoms with E-state index in [1.807, 2.05) is 45.2 Å². The van der Waals surface area contributed by atoms with Crippen LogP contribution in [0.4, 0.5) is 17.1 Å². The molecule has 3 aromatic carbocycles. The molecule has 0 aliphatic carbocycles. The maximum Gasteiger partial charge on any atom is 0.336 e. The second-order valence-corrected chi connectivity index (χ2v) is 9.02. The molecule has 5 heteroatoms. The third-order valence-corrected chi connectivity index (χ3v) is 6.37. The predicted octanol–water partition coefficient (Wildman–Crippen LogP) is 6.04. The van der Waals surface area contributed by atoms with Crippen molar-refractivity contribution < 1.29 is 9.90 Å². The third kappa shape index (κ3) is 6.24. The van der Waals surface area contributed by atoms with Crippen LogP contribution in [0.15, 0.2) is 72.8 Å². The maximum absolute atomic E-state index is 12.0. The van der Waals surface area contributed by atoms with Crippen LogP contribution in [0, 0.1) is 0 Å². The number of anilines is 3. The van der Waals surface area contributed by atoms with Gasteiger partial charge in [0.05, 0.1) is 5.56 Å². The summed E-state index contributed by atoms with van der Waals surface area (Å²) in [6.07, 6.45) is 2.67. The molecule has 5 nitrogen and oxygen atoms in total. The van der Waals surface area contributed by atoms with Crippen molar-refractivity contribution in [3.8, 4) is 0 Å². The molecule has 0 radical (unpaired) electrons. The number of nitrogens with zero attached hydrogens (tertiary/aromatic N) is 3. The Labute approximate surface area is 209 Å². The van der Waals surface area contributed by atoms with Crippen LogP contribution in [0.5, 0.6) is 0 Å². The SMILES string of the molecule is CCN(CC)c1ccc(/C(=C\Cc2ccc(N(C)C)cc2C(=O)O)c2ccc(N(C)C)cc2)cc1. The second kappa shape index (κ2) is 11.6. The van der Waals surface area contributed by atoms with Gasteiger partial charge in [-0.1, -0.05) is 36.4 Å². The summed E-state index contributed by atoms with van der Waals surface area (Å²) in [6.45, 7) is 6.25. The number of benzene rings is 3. The van der Waals surface area contributed by atoms with Crippen LogP contribution < -0.4 is 14.7 Å². The molecule has 3 rings (SSSR count). The fourth-order valence-corrected chi connectivity index (χ4v) is 4.21. The van der Waals surface area contributed by atoms with Gasteiger partial charge in [0.1, 0.15) is 0 Å². The zero-order valence-electron chi connectivity index (χ0n) is 21.7. The van der Waals surface area contributed by atoms with Gasteiger partial charge in [-0.15, -0.1) is 0 Å². The van der Waals surface area contributed by atoms with Crippen molar-refractivity contribution >= 4 is 28.6 Å². The van der Waals surface area contributed by atoms with Crippen LogP contribution >= 0.6 is 0 Å². The monoisotopic (exact) mass is 471 g/mol. The van der Waals surface area contributed by atoms with Crippen LogP contribution in [0.1, 0.15) is 40.9 Å². The van der Waals surface area contributed by atoms with Crippen molar-refractivity contribution in [2.75, 3.05) is 56.0 Å². The van der Waals surface area contributed by atoms with Gasteiger partial charge in [0.25, 0.3) is 0 Å². The molecular weight excluding hydrogens is 434 g/mol. The molecule has 184 valence electrons. The van der Waals surface area contributed by atoms with Crippen LogP contribution in [0.2, 0.25) is 0 Å². The lowest BCUT2D eigenvalue weighted by molar-refractivity contribution is 0.0696. The Morgan fingerprint density at radius 3 is 1.69 bits per heavy atom. The quantitative estimate of drug-likeness (QED) is 0.391. The van der Waals surface area contributed by atoms with E-state index in [0.29, 0.717) is 12.0 Å². The molecule has 0 aromatic heterocycles. The average molecular weight is 472 g/mol. The Hall–Kier alpha value is -3.73. The van der Waals surface area contributed by atoms with Gasteiger partial charge in [0, 0.05) is 58.3 Å². The van der Waals surface area contributed by atoms with Crippen LogP contribution in [0.25, 0.3) is 5.57 Å². The molecule has 0 heterocycles. The maximum atomic E-state index is 12.0. The summed E-state index contributed by atoms with van der Waals surface area (Å²) in [5, 5.41) is 9.83. The van der Waals surface area contributed by atoms with Crippen LogP contribution in [-0.2, 0) is 6.42 Å². The first kappa shape index (κ1) is 25.9. The molecule has 0 atom stereocenters. The Kier molecular flexibility index (Phi) is 8.58. The largest absolute Gasteiger partial charge is 0.478 e. The molecule has 0 spiro atoms. The molecule has 0 unspecified atom stereocenters. The summed E-state index contributed by atoms with van der Waals surface area (Å²) < 4.78 is 0. The van der Waals surface area contributed by atoms with Gasteiger partial charge in [0.2, 0.25) is 0 Å². The minimum Gasteiger partial charge on any atom is -0.478 e. The highest BCUT2D eigenvalue weighted by molar-refractivity contribution is 5.91. The van der Waals surface area contributed by atoms with Gasteiger partial charge in [-0.25, -0.2) is 4.79 Å². The van der Waals surface area contributed by atoms with Crippen LogP contribution in [-0.4, -0.2) is 52.4 Å². The van der Waals surface area contributed by atoms with E-state index in [1.54, 1.807) is 6.07 Å². The summed E-state index contributed by atoms with van der Waals surface area (Å²) in [7, 11) is 7.89. The number of carboxylic acid groups (broad SMARTS) is 1. The standard InChI is InChI=1S/C30H37N3O2/c1-7-33(8-2)26-17-11-23(12-18-26)28(22-9-15-25(16-10-22)31(3)4)20-14-24-13-19-27(32(5)6)21-29(24)30(34)35/h9-13,15-21H,7-8,14H2,1-6H3,(H,34,35)/b28-20-. The highest BCUT2D eigenvalue weighted by Gasteiger charge is 2.13. The van der Waals surface area contributed by atoms with Crippen molar-refractivity contribution in [2.24, 2.45) is 0 Å². The zero-order chi connectivity index (χ0) is 25.5. The van der Waals surface area contributed by atoms with Gasteiger partial charge in [-0.3, -0.25) is 0 Å². The average Bonchev–Trinajstić information content (AvgIpc) is 2.86. The van der Waals surface area contributed by atoms with Gasteiger partial charge in [-0.05, 0) is 78.9 Å². The first-order chi connectivity index (χ1) is 16.7. The molecule has 0 aliphatic rings. The van der Waals surface area contributed by atoms with Crippen molar-refractivity contribution in [1.82, 2.24) is 0 Å². The van der Waals surface area contributed by atoms with Gasteiger partial charge in [-0.2, -0.15) is 0 Å². The highest BCUT2D eigenvalue weighted by Crippen LogP contribution is 2.29. The molecular formula is C30H37N3O2. The Morgan fingerprint density at radius 1 is 0.743 bits per heavy atom. The molecule has 0 saturated carbocycles. The first-order valence-corrected chi connectivity index (χ1v) is 12.1. The minimum atomic E-state index is -0.905. The fraction of sp³-hybridized carbons (Fsp3) is 0.300. The minimum absolute atomic E-state index is 0.339. The van der Waals surface area contributed by atoms with Crippen molar-refractivity contribution in [3.63, 3.8) is 0 Å². The van der Waals surface area contributed by atoms with E-state index in [0.717, 1.165) is 46.7 Å². The van der Waals surface area contributed by atoms with Gasteiger partial charge < -0.3 is 19.8 Å². The van der Waals surface area contributed by atoms with E-state index in [1.165, 1.54) is 5.69 Å². The van der Waals surface area contributed by atoms with E-state index >= 15 is 0 Å².